The zero-order chi connectivity index (χ0) is 11.0. The third-order valence-corrected chi connectivity index (χ3v) is 4.80. The number of thiophene rings is 2. The molecule has 1 atom stereocenters. The van der Waals surface area contributed by atoms with E-state index in [4.69, 9.17) is 5.73 Å². The van der Waals surface area contributed by atoms with Crippen LogP contribution < -0.4 is 5.73 Å². The van der Waals surface area contributed by atoms with E-state index >= 15 is 0 Å². The van der Waals surface area contributed by atoms with Gasteiger partial charge in [-0.3, -0.25) is 0 Å². The molecule has 0 saturated carbocycles. The standard InChI is InChI=1S/C13H11NS2/c14-13(9-4-2-1-3-5-9)12-8-11-10(16-12)6-7-15-11/h1-8,13H,14H2. The van der Waals surface area contributed by atoms with Crippen molar-refractivity contribution in [2.24, 2.45) is 5.73 Å². The normalized spacial score (nSPS) is 13.1. The second kappa shape index (κ2) is 4.01. The number of hydrogen-bond acceptors (Lipinski definition) is 3. The lowest BCUT2D eigenvalue weighted by atomic mass is 10.1. The van der Waals surface area contributed by atoms with Gasteiger partial charge in [0.05, 0.1) is 6.04 Å². The number of benzene rings is 1. The van der Waals surface area contributed by atoms with Crippen molar-refractivity contribution in [1.82, 2.24) is 0 Å². The number of fused-ring (bicyclic) bond motifs is 1. The van der Waals surface area contributed by atoms with E-state index in [1.54, 1.807) is 22.7 Å². The minimum Gasteiger partial charge on any atom is -0.320 e. The number of rotatable bonds is 2. The van der Waals surface area contributed by atoms with Gasteiger partial charge in [-0.1, -0.05) is 30.3 Å². The summed E-state index contributed by atoms with van der Waals surface area (Å²) in [5, 5.41) is 2.12. The monoisotopic (exact) mass is 245 g/mol. The predicted molar refractivity (Wildman–Crippen MR) is 72.2 cm³/mol. The van der Waals surface area contributed by atoms with Crippen molar-refractivity contribution < 1.29 is 0 Å². The lowest BCUT2D eigenvalue weighted by Crippen LogP contribution is -2.09. The quantitative estimate of drug-likeness (QED) is 0.725. The molecule has 0 spiro atoms. The van der Waals surface area contributed by atoms with Crippen LogP contribution in [0.5, 0.6) is 0 Å². The molecule has 0 radical (unpaired) electrons. The van der Waals surface area contributed by atoms with Gasteiger partial charge >= 0.3 is 0 Å². The fourth-order valence-electron chi connectivity index (χ4n) is 1.76. The van der Waals surface area contributed by atoms with Crippen LogP contribution in [-0.2, 0) is 0 Å². The van der Waals surface area contributed by atoms with E-state index in [0.717, 1.165) is 0 Å². The summed E-state index contributed by atoms with van der Waals surface area (Å²) in [6, 6.07) is 14.6. The first kappa shape index (κ1) is 10.0. The molecule has 1 nitrogen and oxygen atoms in total. The molecular weight excluding hydrogens is 234 g/mol. The van der Waals surface area contributed by atoms with Crippen LogP contribution in [0, 0.1) is 0 Å². The van der Waals surface area contributed by atoms with Crippen LogP contribution in [-0.4, -0.2) is 0 Å². The highest BCUT2D eigenvalue weighted by atomic mass is 32.1. The van der Waals surface area contributed by atoms with E-state index in [1.807, 2.05) is 18.2 Å². The van der Waals surface area contributed by atoms with Gasteiger partial charge in [0.1, 0.15) is 0 Å². The average molecular weight is 245 g/mol. The van der Waals surface area contributed by atoms with E-state index in [-0.39, 0.29) is 6.04 Å². The third kappa shape index (κ3) is 1.67. The summed E-state index contributed by atoms with van der Waals surface area (Å²) in [7, 11) is 0. The van der Waals surface area contributed by atoms with E-state index in [2.05, 4.69) is 29.6 Å². The molecular formula is C13H11NS2. The van der Waals surface area contributed by atoms with Gasteiger partial charge < -0.3 is 5.73 Å². The van der Waals surface area contributed by atoms with Crippen LogP contribution in [0.4, 0.5) is 0 Å². The van der Waals surface area contributed by atoms with Crippen molar-refractivity contribution in [3.8, 4) is 0 Å². The minimum absolute atomic E-state index is 0.00537. The fourth-order valence-corrected chi connectivity index (χ4v) is 3.91. The molecule has 1 unspecified atom stereocenters. The molecule has 1 aromatic carbocycles. The molecule has 0 aliphatic rings. The highest BCUT2D eigenvalue weighted by Gasteiger charge is 2.12. The Balaban J connectivity index is 2.01. The number of hydrogen-bond donors (Lipinski definition) is 1. The maximum atomic E-state index is 6.25. The van der Waals surface area contributed by atoms with Gasteiger partial charge in [0.15, 0.2) is 0 Å². The molecule has 3 rings (SSSR count). The SMILES string of the molecule is NC(c1ccccc1)c1cc2sccc2s1. The van der Waals surface area contributed by atoms with E-state index in [0.29, 0.717) is 0 Å². The molecule has 80 valence electrons. The van der Waals surface area contributed by atoms with Crippen LogP contribution in [0.1, 0.15) is 16.5 Å². The third-order valence-electron chi connectivity index (χ3n) is 2.62. The summed E-state index contributed by atoms with van der Waals surface area (Å²) in [6.45, 7) is 0. The van der Waals surface area contributed by atoms with Crippen LogP contribution in [0.15, 0.2) is 47.8 Å². The van der Waals surface area contributed by atoms with Gasteiger partial charge in [-0.2, -0.15) is 0 Å². The maximum absolute atomic E-state index is 6.25. The van der Waals surface area contributed by atoms with E-state index in [9.17, 15) is 0 Å². The second-order valence-electron chi connectivity index (χ2n) is 3.69. The molecule has 3 heteroatoms. The summed E-state index contributed by atoms with van der Waals surface area (Å²) < 4.78 is 2.68. The first-order valence-corrected chi connectivity index (χ1v) is 6.81. The van der Waals surface area contributed by atoms with Crippen molar-refractivity contribution >= 4 is 32.1 Å². The predicted octanol–water partition coefficient (Wildman–Crippen LogP) is 4.01. The largest absolute Gasteiger partial charge is 0.320 e. The topological polar surface area (TPSA) is 26.0 Å². The van der Waals surface area contributed by atoms with Crippen molar-refractivity contribution in [2.75, 3.05) is 0 Å². The zero-order valence-electron chi connectivity index (χ0n) is 8.59. The minimum atomic E-state index is 0.00537. The Kier molecular flexibility index (Phi) is 2.52. The van der Waals surface area contributed by atoms with Crippen LogP contribution in [0.25, 0.3) is 9.40 Å². The first-order chi connectivity index (χ1) is 7.84. The van der Waals surface area contributed by atoms with Crippen molar-refractivity contribution in [3.63, 3.8) is 0 Å². The molecule has 2 N–H and O–H groups in total. The van der Waals surface area contributed by atoms with Gasteiger partial charge in [0.2, 0.25) is 0 Å². The molecule has 0 aliphatic heterocycles. The Bertz CT molecular complexity index is 566. The average Bonchev–Trinajstić information content (AvgIpc) is 2.89. The van der Waals surface area contributed by atoms with E-state index < -0.39 is 0 Å². The highest BCUT2D eigenvalue weighted by Crippen LogP contribution is 2.34. The summed E-state index contributed by atoms with van der Waals surface area (Å²) >= 11 is 3.57. The summed E-state index contributed by atoms with van der Waals surface area (Å²) in [4.78, 5) is 1.24. The fraction of sp³-hybridized carbons (Fsp3) is 0.0769. The summed E-state index contributed by atoms with van der Waals surface area (Å²) in [5.41, 5.74) is 7.43. The summed E-state index contributed by atoms with van der Waals surface area (Å²) in [5.74, 6) is 0. The Morgan fingerprint density at radius 2 is 1.81 bits per heavy atom. The Labute approximate surface area is 102 Å². The van der Waals surface area contributed by atoms with Gasteiger partial charge in [0, 0.05) is 14.3 Å². The lowest BCUT2D eigenvalue weighted by molar-refractivity contribution is 0.894. The lowest BCUT2D eigenvalue weighted by Gasteiger charge is -2.08. The number of nitrogens with two attached hydrogens (primary N) is 1. The molecule has 0 amide bonds. The molecule has 3 aromatic rings. The molecule has 0 bridgehead atoms. The second-order valence-corrected chi connectivity index (χ2v) is 5.75. The zero-order valence-corrected chi connectivity index (χ0v) is 10.2. The van der Waals surface area contributed by atoms with Crippen LogP contribution in [0.3, 0.4) is 0 Å². The van der Waals surface area contributed by atoms with Crippen molar-refractivity contribution in [2.45, 2.75) is 6.04 Å². The summed E-state index contributed by atoms with van der Waals surface area (Å²) in [6.07, 6.45) is 0. The smallest absolute Gasteiger partial charge is 0.0646 e. The van der Waals surface area contributed by atoms with Crippen molar-refractivity contribution in [3.05, 3.63) is 58.3 Å². The maximum Gasteiger partial charge on any atom is 0.0646 e. The highest BCUT2D eigenvalue weighted by molar-refractivity contribution is 7.26. The molecule has 2 heterocycles. The molecule has 0 saturated heterocycles. The molecule has 16 heavy (non-hydrogen) atoms. The van der Waals surface area contributed by atoms with Gasteiger partial charge in [0.25, 0.3) is 0 Å². The van der Waals surface area contributed by atoms with E-state index in [1.165, 1.54) is 19.8 Å². The molecule has 0 fully saturated rings. The van der Waals surface area contributed by atoms with Gasteiger partial charge in [-0.05, 0) is 23.1 Å². The first-order valence-electron chi connectivity index (χ1n) is 5.12. The Morgan fingerprint density at radius 3 is 2.56 bits per heavy atom. The Morgan fingerprint density at radius 1 is 1.00 bits per heavy atom. The van der Waals surface area contributed by atoms with Crippen molar-refractivity contribution in [1.29, 1.82) is 0 Å². The van der Waals surface area contributed by atoms with Crippen LogP contribution in [0.2, 0.25) is 0 Å². The Hall–Kier alpha value is -1.16. The van der Waals surface area contributed by atoms with Gasteiger partial charge in [-0.15, -0.1) is 22.7 Å². The molecule has 0 aliphatic carbocycles. The van der Waals surface area contributed by atoms with Crippen LogP contribution >= 0.6 is 22.7 Å². The van der Waals surface area contributed by atoms with Gasteiger partial charge in [-0.25, -0.2) is 0 Å². The molecule has 2 aromatic heterocycles.